The average Bonchev–Trinajstić information content (AvgIpc) is 3.14. The first kappa shape index (κ1) is 22.5. The number of hydrogen-bond acceptors (Lipinski definition) is 5. The minimum absolute atomic E-state index is 0.0565. The minimum atomic E-state index is -3.66. The van der Waals surface area contributed by atoms with Gasteiger partial charge in [0.05, 0.1) is 12.0 Å². The van der Waals surface area contributed by atoms with Crippen LogP contribution in [0.2, 0.25) is 0 Å². The minimum Gasteiger partial charge on any atom is -0.467 e. The molecule has 0 saturated carbocycles. The highest BCUT2D eigenvalue weighted by Crippen LogP contribution is 2.20. The molecule has 1 aromatic heterocycles. The number of para-hydroxylation sites is 1. The lowest BCUT2D eigenvalue weighted by molar-refractivity contribution is -0.142. The molecule has 3 N–H and O–H groups in total. The van der Waals surface area contributed by atoms with E-state index in [0.717, 1.165) is 16.5 Å². The molecule has 0 spiro atoms. The van der Waals surface area contributed by atoms with Crippen LogP contribution in [0.3, 0.4) is 0 Å². The number of fused-ring (bicyclic) bond motifs is 1. The van der Waals surface area contributed by atoms with Gasteiger partial charge in [-0.3, -0.25) is 4.79 Å². The maximum absolute atomic E-state index is 12.7. The summed E-state index contributed by atoms with van der Waals surface area (Å²) < 4.78 is 31.8. The lowest BCUT2D eigenvalue weighted by Gasteiger charge is -2.16. The highest BCUT2D eigenvalue weighted by Gasteiger charge is 2.24. The molecule has 164 valence electrons. The standard InChI is InChI=1S/C22H25N3O5S/c1-14(2)25-31(28,29)17-10-8-15(9-11-17)21(26)24-20(22(27)30-3)12-16-13-23-19-7-5-4-6-18(16)19/h4-11,13-14,20,23,25H,12H2,1-3H3,(H,24,26)/t20-/m1/s1. The number of benzene rings is 2. The number of ether oxygens (including phenoxy) is 1. The lowest BCUT2D eigenvalue weighted by Crippen LogP contribution is -2.43. The Balaban J connectivity index is 1.77. The normalized spacial score (nSPS) is 12.6. The first-order chi connectivity index (χ1) is 14.7. The Labute approximate surface area is 181 Å². The van der Waals surface area contributed by atoms with E-state index in [-0.39, 0.29) is 22.9 Å². The number of hydrogen-bond donors (Lipinski definition) is 3. The van der Waals surface area contributed by atoms with Crippen molar-refractivity contribution in [1.82, 2.24) is 15.0 Å². The largest absolute Gasteiger partial charge is 0.467 e. The summed E-state index contributed by atoms with van der Waals surface area (Å²) in [5, 5.41) is 3.64. The van der Waals surface area contributed by atoms with Crippen LogP contribution in [0.1, 0.15) is 29.8 Å². The molecule has 9 heteroatoms. The van der Waals surface area contributed by atoms with Crippen molar-refractivity contribution >= 4 is 32.8 Å². The van der Waals surface area contributed by atoms with Crippen LogP contribution in [0.15, 0.2) is 59.6 Å². The van der Waals surface area contributed by atoms with Gasteiger partial charge in [-0.25, -0.2) is 17.9 Å². The van der Waals surface area contributed by atoms with Crippen LogP contribution in [0.4, 0.5) is 0 Å². The maximum Gasteiger partial charge on any atom is 0.328 e. The first-order valence-electron chi connectivity index (χ1n) is 9.77. The molecular formula is C22H25N3O5S. The molecule has 3 rings (SSSR count). The molecule has 1 amide bonds. The molecular weight excluding hydrogens is 418 g/mol. The molecule has 0 unspecified atom stereocenters. The lowest BCUT2D eigenvalue weighted by atomic mass is 10.0. The predicted molar refractivity (Wildman–Crippen MR) is 117 cm³/mol. The number of methoxy groups -OCH3 is 1. The Kier molecular flexibility index (Phi) is 6.77. The fraction of sp³-hybridized carbons (Fsp3) is 0.273. The summed E-state index contributed by atoms with van der Waals surface area (Å²) in [6.07, 6.45) is 2.04. The van der Waals surface area contributed by atoms with E-state index in [1.165, 1.54) is 31.4 Å². The van der Waals surface area contributed by atoms with Gasteiger partial charge in [-0.2, -0.15) is 0 Å². The molecule has 31 heavy (non-hydrogen) atoms. The number of H-pyrrole nitrogens is 1. The summed E-state index contributed by atoms with van der Waals surface area (Å²) in [6.45, 7) is 3.44. The molecule has 3 aromatic rings. The maximum atomic E-state index is 12.7. The van der Waals surface area contributed by atoms with Gasteiger partial charge in [-0.15, -0.1) is 0 Å². The zero-order valence-electron chi connectivity index (χ0n) is 17.5. The van der Waals surface area contributed by atoms with Crippen molar-refractivity contribution < 1.29 is 22.7 Å². The predicted octanol–water partition coefficient (Wildman–Crippen LogP) is 2.37. The van der Waals surface area contributed by atoms with E-state index < -0.39 is 27.9 Å². The van der Waals surface area contributed by atoms with E-state index in [4.69, 9.17) is 4.74 Å². The summed E-state index contributed by atoms with van der Waals surface area (Å²) in [7, 11) is -2.39. The summed E-state index contributed by atoms with van der Waals surface area (Å²) in [6, 6.07) is 12.0. The van der Waals surface area contributed by atoms with E-state index in [9.17, 15) is 18.0 Å². The number of sulfonamides is 1. The van der Waals surface area contributed by atoms with Crippen LogP contribution in [0.25, 0.3) is 10.9 Å². The highest BCUT2D eigenvalue weighted by molar-refractivity contribution is 7.89. The van der Waals surface area contributed by atoms with Crippen LogP contribution in [0, 0.1) is 0 Å². The number of rotatable bonds is 8. The first-order valence-corrected chi connectivity index (χ1v) is 11.3. The van der Waals surface area contributed by atoms with Gasteiger partial charge in [0.15, 0.2) is 0 Å². The highest BCUT2D eigenvalue weighted by atomic mass is 32.2. The molecule has 1 heterocycles. The van der Waals surface area contributed by atoms with Crippen molar-refractivity contribution in [3.63, 3.8) is 0 Å². The van der Waals surface area contributed by atoms with Crippen molar-refractivity contribution in [1.29, 1.82) is 0 Å². The second kappa shape index (κ2) is 9.32. The fourth-order valence-corrected chi connectivity index (χ4v) is 4.51. The van der Waals surface area contributed by atoms with Crippen molar-refractivity contribution in [2.24, 2.45) is 0 Å². The Morgan fingerprint density at radius 1 is 1.06 bits per heavy atom. The molecule has 0 bridgehead atoms. The summed E-state index contributed by atoms with van der Waals surface area (Å²) in [4.78, 5) is 28.2. The number of esters is 1. The van der Waals surface area contributed by atoms with Gasteiger partial charge < -0.3 is 15.0 Å². The topological polar surface area (TPSA) is 117 Å². The third-order valence-corrected chi connectivity index (χ3v) is 6.38. The number of amides is 1. The molecule has 2 aromatic carbocycles. The molecule has 0 fully saturated rings. The third-order valence-electron chi connectivity index (χ3n) is 4.71. The van der Waals surface area contributed by atoms with Crippen molar-refractivity contribution in [2.75, 3.05) is 7.11 Å². The molecule has 1 atom stereocenters. The van der Waals surface area contributed by atoms with Gasteiger partial charge in [-0.1, -0.05) is 18.2 Å². The number of nitrogens with one attached hydrogen (secondary N) is 3. The van der Waals surface area contributed by atoms with Crippen molar-refractivity contribution in [2.45, 2.75) is 37.2 Å². The Morgan fingerprint density at radius 2 is 1.74 bits per heavy atom. The van der Waals surface area contributed by atoms with Crippen LogP contribution in [0.5, 0.6) is 0 Å². The SMILES string of the molecule is COC(=O)[C@@H](Cc1c[nH]c2ccccc12)NC(=O)c1ccc(S(=O)(=O)NC(C)C)cc1. The van der Waals surface area contributed by atoms with Crippen LogP contribution in [-0.4, -0.2) is 44.5 Å². The van der Waals surface area contributed by atoms with Gasteiger partial charge in [0, 0.05) is 35.1 Å². The average molecular weight is 444 g/mol. The van der Waals surface area contributed by atoms with Gasteiger partial charge in [-0.05, 0) is 49.7 Å². The molecule has 8 nitrogen and oxygen atoms in total. The summed E-state index contributed by atoms with van der Waals surface area (Å²) in [5.74, 6) is -1.07. The Hall–Kier alpha value is -3.17. The fourth-order valence-electron chi connectivity index (χ4n) is 3.26. The number of carbonyl (C=O) groups is 2. The molecule has 0 saturated heterocycles. The van der Waals surface area contributed by atoms with Gasteiger partial charge in [0.1, 0.15) is 6.04 Å². The smallest absolute Gasteiger partial charge is 0.328 e. The quantitative estimate of drug-likeness (QED) is 0.462. The zero-order valence-corrected chi connectivity index (χ0v) is 18.3. The van der Waals surface area contributed by atoms with Crippen LogP contribution in [-0.2, 0) is 26.0 Å². The summed E-state index contributed by atoms with van der Waals surface area (Å²) >= 11 is 0. The Bertz CT molecular complexity index is 1180. The van der Waals surface area contributed by atoms with E-state index in [2.05, 4.69) is 15.0 Å². The Morgan fingerprint density at radius 3 is 2.39 bits per heavy atom. The molecule has 0 aliphatic heterocycles. The molecule has 0 radical (unpaired) electrons. The number of carbonyl (C=O) groups excluding carboxylic acids is 2. The van der Waals surface area contributed by atoms with Gasteiger partial charge in [0.25, 0.3) is 5.91 Å². The summed E-state index contributed by atoms with van der Waals surface area (Å²) in [5.41, 5.74) is 2.03. The van der Waals surface area contributed by atoms with Crippen LogP contribution < -0.4 is 10.0 Å². The number of aromatic amines is 1. The van der Waals surface area contributed by atoms with Crippen LogP contribution >= 0.6 is 0 Å². The van der Waals surface area contributed by atoms with Crippen molar-refractivity contribution in [3.8, 4) is 0 Å². The zero-order chi connectivity index (χ0) is 22.6. The molecule has 0 aliphatic carbocycles. The second-order valence-electron chi connectivity index (χ2n) is 7.41. The number of aromatic nitrogens is 1. The van der Waals surface area contributed by atoms with E-state index in [1.807, 2.05) is 24.3 Å². The van der Waals surface area contributed by atoms with E-state index in [1.54, 1.807) is 20.0 Å². The van der Waals surface area contributed by atoms with Crippen molar-refractivity contribution in [3.05, 3.63) is 65.9 Å². The van der Waals surface area contributed by atoms with Gasteiger partial charge >= 0.3 is 5.97 Å². The monoisotopic (exact) mass is 443 g/mol. The van der Waals surface area contributed by atoms with Gasteiger partial charge in [0.2, 0.25) is 10.0 Å². The van der Waals surface area contributed by atoms with E-state index >= 15 is 0 Å². The third kappa shape index (κ3) is 5.31. The second-order valence-corrected chi connectivity index (χ2v) is 9.13. The molecule has 0 aliphatic rings. The van der Waals surface area contributed by atoms with E-state index in [0.29, 0.717) is 0 Å².